The van der Waals surface area contributed by atoms with Crippen LogP contribution in [0.15, 0.2) is 11.4 Å². The molecule has 0 unspecified atom stereocenters. The maximum Gasteiger partial charge on any atom is 0.161 e. The third-order valence-electron chi connectivity index (χ3n) is 3.34. The highest BCUT2D eigenvalue weighted by atomic mass is 32.2. The molecule has 0 saturated carbocycles. The topological polar surface area (TPSA) is 79.0 Å². The molecule has 1 fully saturated rings. The van der Waals surface area contributed by atoms with Crippen molar-refractivity contribution in [1.29, 1.82) is 0 Å². The molecule has 2 aromatic rings. The highest BCUT2D eigenvalue weighted by Gasteiger charge is 2.13. The summed E-state index contributed by atoms with van der Waals surface area (Å²) in [5, 5.41) is 12.5. The predicted molar refractivity (Wildman–Crippen MR) is 79.2 cm³/mol. The quantitative estimate of drug-likeness (QED) is 0.790. The van der Waals surface area contributed by atoms with Crippen LogP contribution in [0.1, 0.15) is 0 Å². The fourth-order valence-electron chi connectivity index (χ4n) is 2.27. The Hall–Kier alpha value is -1.38. The zero-order valence-electron chi connectivity index (χ0n) is 11.4. The number of aromatic amines is 1. The van der Waals surface area contributed by atoms with Gasteiger partial charge in [-0.15, -0.1) is 11.8 Å². The summed E-state index contributed by atoms with van der Waals surface area (Å²) in [4.78, 5) is 10.9. The van der Waals surface area contributed by atoms with Crippen molar-refractivity contribution < 1.29 is 4.74 Å². The molecular weight excluding hydrogens is 276 g/mol. The van der Waals surface area contributed by atoms with Crippen LogP contribution in [-0.2, 0) is 4.74 Å². The summed E-state index contributed by atoms with van der Waals surface area (Å²) in [6.07, 6.45) is 3.56. The summed E-state index contributed by atoms with van der Waals surface area (Å²) in [5.41, 5.74) is 0.776. The van der Waals surface area contributed by atoms with Crippen LogP contribution in [0.5, 0.6) is 0 Å². The molecule has 0 atom stereocenters. The Labute approximate surface area is 121 Å². The Morgan fingerprint density at radius 1 is 1.40 bits per heavy atom. The summed E-state index contributed by atoms with van der Waals surface area (Å²) in [6.45, 7) is 5.50. The molecule has 8 heteroatoms. The number of H-pyrrole nitrogens is 1. The van der Waals surface area contributed by atoms with Crippen molar-refractivity contribution >= 4 is 28.6 Å². The van der Waals surface area contributed by atoms with Gasteiger partial charge in [-0.3, -0.25) is 10.00 Å². The number of rotatable bonds is 5. The van der Waals surface area contributed by atoms with Crippen LogP contribution in [0.25, 0.3) is 11.0 Å². The van der Waals surface area contributed by atoms with Gasteiger partial charge in [0.25, 0.3) is 0 Å². The first kappa shape index (κ1) is 13.6. The second kappa shape index (κ2) is 6.38. The zero-order valence-corrected chi connectivity index (χ0v) is 12.2. The molecular formula is C12H18N6OS. The first-order valence-corrected chi connectivity index (χ1v) is 7.88. The largest absolute Gasteiger partial charge is 0.379 e. The number of anilines is 1. The van der Waals surface area contributed by atoms with Crippen molar-refractivity contribution in [3.63, 3.8) is 0 Å². The minimum Gasteiger partial charge on any atom is -0.379 e. The van der Waals surface area contributed by atoms with E-state index in [0.717, 1.165) is 61.3 Å². The van der Waals surface area contributed by atoms with Crippen LogP contribution >= 0.6 is 11.8 Å². The second-order valence-corrected chi connectivity index (χ2v) is 5.35. The molecule has 3 heterocycles. The maximum absolute atomic E-state index is 5.34. The Morgan fingerprint density at radius 3 is 3.05 bits per heavy atom. The molecule has 1 aliphatic rings. The first-order chi connectivity index (χ1) is 9.88. The number of thioether (sulfide) groups is 1. The van der Waals surface area contributed by atoms with E-state index in [1.54, 1.807) is 18.1 Å². The van der Waals surface area contributed by atoms with Crippen LogP contribution < -0.4 is 5.32 Å². The number of hydrogen-bond donors (Lipinski definition) is 2. The number of nitrogens with one attached hydrogen (secondary N) is 2. The van der Waals surface area contributed by atoms with E-state index in [4.69, 9.17) is 4.74 Å². The number of hydrogen-bond acceptors (Lipinski definition) is 7. The van der Waals surface area contributed by atoms with E-state index >= 15 is 0 Å². The van der Waals surface area contributed by atoms with Gasteiger partial charge >= 0.3 is 0 Å². The molecule has 20 heavy (non-hydrogen) atoms. The van der Waals surface area contributed by atoms with Crippen molar-refractivity contribution in [2.24, 2.45) is 0 Å². The Balaban J connectivity index is 1.66. The number of fused-ring (bicyclic) bond motifs is 1. The van der Waals surface area contributed by atoms with Gasteiger partial charge < -0.3 is 10.1 Å². The van der Waals surface area contributed by atoms with Gasteiger partial charge in [0.05, 0.1) is 18.6 Å². The van der Waals surface area contributed by atoms with Crippen molar-refractivity contribution in [2.75, 3.05) is 51.0 Å². The molecule has 0 radical (unpaired) electrons. The Morgan fingerprint density at radius 2 is 2.25 bits per heavy atom. The normalized spacial score (nSPS) is 16.6. The molecule has 0 amide bonds. The second-order valence-electron chi connectivity index (χ2n) is 4.56. The van der Waals surface area contributed by atoms with Gasteiger partial charge in [-0.1, -0.05) is 0 Å². The summed E-state index contributed by atoms with van der Waals surface area (Å²) >= 11 is 1.59. The van der Waals surface area contributed by atoms with Gasteiger partial charge in [-0.25, -0.2) is 9.97 Å². The lowest BCUT2D eigenvalue weighted by Crippen LogP contribution is -2.39. The standard InChI is InChI=1S/C12H18N6OS/c1-20-12-9-10(14-8-15-11(9)16-17-12)13-2-3-18-4-6-19-7-5-18/h8H,2-7H2,1H3,(H2,13,14,15,16,17). The number of nitrogens with zero attached hydrogens (tertiary/aromatic N) is 4. The van der Waals surface area contributed by atoms with E-state index < -0.39 is 0 Å². The lowest BCUT2D eigenvalue weighted by atomic mass is 10.3. The van der Waals surface area contributed by atoms with E-state index in [-0.39, 0.29) is 0 Å². The Kier molecular flexibility index (Phi) is 4.34. The Bertz CT molecular complexity index is 568. The van der Waals surface area contributed by atoms with Crippen molar-refractivity contribution in [2.45, 2.75) is 5.03 Å². The van der Waals surface area contributed by atoms with E-state index in [9.17, 15) is 0 Å². The molecule has 108 valence electrons. The molecule has 0 bridgehead atoms. The van der Waals surface area contributed by atoms with Gasteiger partial charge in [0, 0.05) is 26.2 Å². The van der Waals surface area contributed by atoms with Crippen LogP contribution in [-0.4, -0.2) is 70.7 Å². The molecule has 2 aromatic heterocycles. The average molecular weight is 294 g/mol. The van der Waals surface area contributed by atoms with Crippen LogP contribution in [0, 0.1) is 0 Å². The first-order valence-electron chi connectivity index (χ1n) is 6.65. The number of aromatic nitrogens is 4. The molecule has 7 nitrogen and oxygen atoms in total. The summed E-state index contributed by atoms with van der Waals surface area (Å²) in [7, 11) is 0. The molecule has 0 aliphatic carbocycles. The van der Waals surface area contributed by atoms with E-state index in [1.807, 2.05) is 6.26 Å². The fraction of sp³-hybridized carbons (Fsp3) is 0.583. The molecule has 1 saturated heterocycles. The van der Waals surface area contributed by atoms with Crippen molar-refractivity contribution in [1.82, 2.24) is 25.1 Å². The van der Waals surface area contributed by atoms with Crippen LogP contribution in [0.3, 0.4) is 0 Å². The predicted octanol–water partition coefficient (Wildman–Crippen LogP) is 0.819. The van der Waals surface area contributed by atoms with Gasteiger partial charge in [-0.2, -0.15) is 5.10 Å². The van der Waals surface area contributed by atoms with Gasteiger partial charge in [0.2, 0.25) is 0 Å². The van der Waals surface area contributed by atoms with Gasteiger partial charge in [-0.05, 0) is 6.26 Å². The highest BCUT2D eigenvalue weighted by molar-refractivity contribution is 7.98. The van der Waals surface area contributed by atoms with Crippen LogP contribution in [0.4, 0.5) is 5.82 Å². The summed E-state index contributed by atoms with van der Waals surface area (Å²) in [6, 6.07) is 0. The third-order valence-corrected chi connectivity index (χ3v) is 4.02. The van der Waals surface area contributed by atoms with E-state index in [0.29, 0.717) is 0 Å². The SMILES string of the molecule is CSc1n[nH]c2ncnc(NCCN3CCOCC3)c12. The summed E-state index contributed by atoms with van der Waals surface area (Å²) in [5.74, 6) is 0.848. The molecule has 1 aliphatic heterocycles. The smallest absolute Gasteiger partial charge is 0.161 e. The summed E-state index contributed by atoms with van der Waals surface area (Å²) < 4.78 is 5.34. The minimum absolute atomic E-state index is 0.776. The number of ether oxygens (including phenoxy) is 1. The van der Waals surface area contributed by atoms with Crippen molar-refractivity contribution in [3.05, 3.63) is 6.33 Å². The molecule has 0 spiro atoms. The average Bonchev–Trinajstić information content (AvgIpc) is 2.92. The van der Waals surface area contributed by atoms with E-state index in [1.165, 1.54) is 0 Å². The monoisotopic (exact) mass is 294 g/mol. The molecule has 2 N–H and O–H groups in total. The highest BCUT2D eigenvalue weighted by Crippen LogP contribution is 2.27. The fourth-order valence-corrected chi connectivity index (χ4v) is 2.81. The van der Waals surface area contributed by atoms with Gasteiger partial charge in [0.15, 0.2) is 5.65 Å². The van der Waals surface area contributed by atoms with Gasteiger partial charge in [0.1, 0.15) is 17.2 Å². The minimum atomic E-state index is 0.776. The molecule has 0 aromatic carbocycles. The zero-order chi connectivity index (χ0) is 13.8. The maximum atomic E-state index is 5.34. The lowest BCUT2D eigenvalue weighted by molar-refractivity contribution is 0.0398. The number of morpholine rings is 1. The van der Waals surface area contributed by atoms with Crippen molar-refractivity contribution in [3.8, 4) is 0 Å². The third kappa shape index (κ3) is 2.87. The lowest BCUT2D eigenvalue weighted by Gasteiger charge is -2.26. The van der Waals surface area contributed by atoms with Crippen LogP contribution in [0.2, 0.25) is 0 Å². The van der Waals surface area contributed by atoms with E-state index in [2.05, 4.69) is 30.4 Å². The molecule has 3 rings (SSSR count).